The van der Waals surface area contributed by atoms with Gasteiger partial charge in [0.05, 0.1) is 12.4 Å². The molecule has 1 aromatic heterocycles. The number of carbonyl (C=O) groups excluding carboxylic acids is 4. The van der Waals surface area contributed by atoms with E-state index in [2.05, 4.69) is 25.9 Å². The lowest BCUT2D eigenvalue weighted by Crippen LogP contribution is -2.58. The Bertz CT molecular complexity index is 827. The number of H-pyrrole nitrogens is 1. The molecule has 4 amide bonds. The minimum Gasteiger partial charge on any atom is -0.480 e. The molecule has 13 heteroatoms. The number of carboxylic acids is 1. The van der Waals surface area contributed by atoms with Crippen LogP contribution in [-0.4, -0.2) is 68.8 Å². The van der Waals surface area contributed by atoms with Gasteiger partial charge >= 0.3 is 5.97 Å². The van der Waals surface area contributed by atoms with Crippen molar-refractivity contribution in [2.24, 2.45) is 17.4 Å². The zero-order valence-corrected chi connectivity index (χ0v) is 19.0. The lowest BCUT2D eigenvalue weighted by atomic mass is 9.97. The SMILES string of the molecule is CCC(C)C(NC(=O)C(C)N)C(=O)NC(CCC(N)=O)C(=O)NC(Cc1cnc[nH]1)C(=O)O. The van der Waals surface area contributed by atoms with Crippen LogP contribution in [0.15, 0.2) is 12.5 Å². The van der Waals surface area contributed by atoms with Gasteiger partial charge in [-0.3, -0.25) is 19.2 Å². The highest BCUT2D eigenvalue weighted by Crippen LogP contribution is 2.10. The molecule has 1 heterocycles. The molecule has 0 fully saturated rings. The molecular weight excluding hydrogens is 434 g/mol. The molecule has 13 nitrogen and oxygen atoms in total. The second-order valence-corrected chi connectivity index (χ2v) is 7.91. The summed E-state index contributed by atoms with van der Waals surface area (Å²) in [5, 5.41) is 16.9. The van der Waals surface area contributed by atoms with E-state index in [1.807, 2.05) is 6.92 Å². The Labute approximate surface area is 191 Å². The number of imidazole rings is 1. The second kappa shape index (κ2) is 13.2. The molecule has 0 saturated heterocycles. The minimum atomic E-state index is -1.31. The zero-order valence-electron chi connectivity index (χ0n) is 19.0. The van der Waals surface area contributed by atoms with Gasteiger partial charge in [0.2, 0.25) is 23.6 Å². The van der Waals surface area contributed by atoms with Crippen LogP contribution < -0.4 is 27.4 Å². The van der Waals surface area contributed by atoms with E-state index in [0.717, 1.165) is 0 Å². The van der Waals surface area contributed by atoms with Gasteiger partial charge < -0.3 is 37.5 Å². The third-order valence-corrected chi connectivity index (χ3v) is 5.11. The van der Waals surface area contributed by atoms with Crippen LogP contribution in [0.1, 0.15) is 45.7 Å². The highest BCUT2D eigenvalue weighted by Gasteiger charge is 2.32. The van der Waals surface area contributed by atoms with Gasteiger partial charge in [0.25, 0.3) is 0 Å². The van der Waals surface area contributed by atoms with Crippen molar-refractivity contribution in [1.82, 2.24) is 25.9 Å². The van der Waals surface area contributed by atoms with E-state index in [1.165, 1.54) is 19.4 Å². The molecule has 0 aromatic carbocycles. The van der Waals surface area contributed by atoms with Gasteiger partial charge in [-0.1, -0.05) is 20.3 Å². The van der Waals surface area contributed by atoms with E-state index in [-0.39, 0.29) is 25.2 Å². The summed E-state index contributed by atoms with van der Waals surface area (Å²) in [6.07, 6.45) is 2.89. The molecule has 1 rings (SSSR count). The Kier molecular flexibility index (Phi) is 11.0. The molecule has 0 aliphatic rings. The van der Waals surface area contributed by atoms with Gasteiger partial charge in [-0.05, 0) is 19.3 Å². The molecule has 5 atom stereocenters. The average molecular weight is 468 g/mol. The number of hydrogen-bond donors (Lipinski definition) is 7. The highest BCUT2D eigenvalue weighted by atomic mass is 16.4. The predicted molar refractivity (Wildman–Crippen MR) is 117 cm³/mol. The monoisotopic (exact) mass is 467 g/mol. The predicted octanol–water partition coefficient (Wildman–Crippen LogP) is -1.85. The van der Waals surface area contributed by atoms with Crippen molar-refractivity contribution < 1.29 is 29.1 Å². The van der Waals surface area contributed by atoms with Gasteiger partial charge in [-0.25, -0.2) is 9.78 Å². The Morgan fingerprint density at radius 1 is 1.06 bits per heavy atom. The third-order valence-electron chi connectivity index (χ3n) is 5.11. The summed E-state index contributed by atoms with van der Waals surface area (Å²) in [5.74, 6) is -4.29. The largest absolute Gasteiger partial charge is 0.480 e. The van der Waals surface area contributed by atoms with Crippen molar-refractivity contribution >= 4 is 29.6 Å². The Morgan fingerprint density at radius 2 is 1.70 bits per heavy atom. The number of nitrogens with zero attached hydrogens (tertiary/aromatic N) is 1. The lowest BCUT2D eigenvalue weighted by molar-refractivity contribution is -0.142. The van der Waals surface area contributed by atoms with E-state index in [9.17, 15) is 29.1 Å². The van der Waals surface area contributed by atoms with Crippen LogP contribution in [0, 0.1) is 5.92 Å². The fraction of sp³-hybridized carbons (Fsp3) is 0.600. The van der Waals surface area contributed by atoms with E-state index >= 15 is 0 Å². The van der Waals surface area contributed by atoms with Gasteiger partial charge in [0.1, 0.15) is 18.1 Å². The summed E-state index contributed by atoms with van der Waals surface area (Å²) < 4.78 is 0. The van der Waals surface area contributed by atoms with E-state index in [4.69, 9.17) is 11.5 Å². The van der Waals surface area contributed by atoms with Gasteiger partial charge in [-0.15, -0.1) is 0 Å². The molecule has 0 aliphatic carbocycles. The molecule has 184 valence electrons. The van der Waals surface area contributed by atoms with Crippen molar-refractivity contribution in [1.29, 1.82) is 0 Å². The van der Waals surface area contributed by atoms with Crippen LogP contribution in [0.4, 0.5) is 0 Å². The fourth-order valence-electron chi connectivity index (χ4n) is 2.89. The summed E-state index contributed by atoms with van der Waals surface area (Å²) in [5.41, 5.74) is 11.2. The molecule has 0 radical (unpaired) electrons. The smallest absolute Gasteiger partial charge is 0.326 e. The van der Waals surface area contributed by atoms with E-state index in [1.54, 1.807) is 6.92 Å². The molecule has 0 saturated carbocycles. The minimum absolute atomic E-state index is 0.0719. The number of primary amides is 1. The number of rotatable bonds is 14. The summed E-state index contributed by atoms with van der Waals surface area (Å²) in [7, 11) is 0. The van der Waals surface area contributed by atoms with Crippen LogP contribution >= 0.6 is 0 Å². The summed E-state index contributed by atoms with van der Waals surface area (Å²) in [6, 6.07) is -4.41. The number of nitrogens with one attached hydrogen (secondary N) is 4. The normalized spacial score (nSPS) is 15.4. The number of aromatic nitrogens is 2. The van der Waals surface area contributed by atoms with Crippen LogP contribution in [0.25, 0.3) is 0 Å². The fourth-order valence-corrected chi connectivity index (χ4v) is 2.89. The van der Waals surface area contributed by atoms with Crippen LogP contribution in [0.5, 0.6) is 0 Å². The summed E-state index contributed by atoms with van der Waals surface area (Å²) in [6.45, 7) is 5.04. The number of carboxylic acid groups (broad SMARTS) is 1. The zero-order chi connectivity index (χ0) is 25.1. The Balaban J connectivity index is 3.01. The Morgan fingerprint density at radius 3 is 2.18 bits per heavy atom. The first kappa shape index (κ1) is 27.6. The van der Waals surface area contributed by atoms with Crippen LogP contribution in [0.3, 0.4) is 0 Å². The van der Waals surface area contributed by atoms with Crippen LogP contribution in [-0.2, 0) is 30.4 Å². The first-order valence-corrected chi connectivity index (χ1v) is 10.6. The number of amides is 4. The number of carbonyl (C=O) groups is 5. The van der Waals surface area contributed by atoms with Gasteiger partial charge in [0.15, 0.2) is 0 Å². The highest BCUT2D eigenvalue weighted by molar-refractivity contribution is 5.94. The second-order valence-electron chi connectivity index (χ2n) is 7.91. The topological polar surface area (TPSA) is 222 Å². The van der Waals surface area contributed by atoms with Crippen molar-refractivity contribution in [3.63, 3.8) is 0 Å². The molecule has 0 aliphatic heterocycles. The quantitative estimate of drug-likeness (QED) is 0.164. The van der Waals surface area contributed by atoms with Crippen molar-refractivity contribution in [3.05, 3.63) is 18.2 Å². The van der Waals surface area contributed by atoms with Crippen molar-refractivity contribution in [3.8, 4) is 0 Å². The first-order valence-electron chi connectivity index (χ1n) is 10.6. The molecule has 1 aromatic rings. The molecule has 0 spiro atoms. The standard InChI is InChI=1S/C20H33N7O6/c1-4-10(2)16(27-17(29)11(3)21)19(31)25-13(5-6-15(22)28)18(30)26-14(20(32)33)7-12-8-23-9-24-12/h8-11,13-14,16H,4-7,21H2,1-3H3,(H2,22,28)(H,23,24)(H,25,31)(H,26,30)(H,27,29)(H,32,33). The van der Waals surface area contributed by atoms with E-state index < -0.39 is 53.8 Å². The molecule has 9 N–H and O–H groups in total. The average Bonchev–Trinajstić information content (AvgIpc) is 3.26. The number of nitrogens with two attached hydrogens (primary N) is 2. The van der Waals surface area contributed by atoms with Crippen molar-refractivity contribution in [2.75, 3.05) is 0 Å². The maximum Gasteiger partial charge on any atom is 0.326 e. The maximum absolute atomic E-state index is 12.9. The molecular formula is C20H33N7O6. The van der Waals surface area contributed by atoms with E-state index in [0.29, 0.717) is 12.1 Å². The van der Waals surface area contributed by atoms with Gasteiger partial charge in [-0.2, -0.15) is 0 Å². The maximum atomic E-state index is 12.9. The number of aliphatic carboxylic acids is 1. The summed E-state index contributed by atoms with van der Waals surface area (Å²) >= 11 is 0. The van der Waals surface area contributed by atoms with Crippen molar-refractivity contribution in [2.45, 2.75) is 70.6 Å². The Hall–Kier alpha value is -3.48. The molecule has 33 heavy (non-hydrogen) atoms. The molecule has 0 bridgehead atoms. The third kappa shape index (κ3) is 9.27. The lowest BCUT2D eigenvalue weighted by Gasteiger charge is -2.27. The molecule has 5 unspecified atom stereocenters. The van der Waals surface area contributed by atoms with Gasteiger partial charge in [0, 0.05) is 24.7 Å². The van der Waals surface area contributed by atoms with Crippen LogP contribution in [0.2, 0.25) is 0 Å². The number of aromatic amines is 1. The summed E-state index contributed by atoms with van der Waals surface area (Å²) in [4.78, 5) is 67.3. The number of hydrogen-bond acceptors (Lipinski definition) is 7. The first-order chi connectivity index (χ1) is 15.5.